The van der Waals surface area contributed by atoms with E-state index in [-0.39, 0.29) is 5.91 Å². The summed E-state index contributed by atoms with van der Waals surface area (Å²) < 4.78 is 0.913. The van der Waals surface area contributed by atoms with Gasteiger partial charge in [-0.1, -0.05) is 28.1 Å². The monoisotopic (exact) mass is 318 g/mol. The predicted octanol–water partition coefficient (Wildman–Crippen LogP) is 3.42. The summed E-state index contributed by atoms with van der Waals surface area (Å²) in [5.74, 6) is 0.0163. The van der Waals surface area contributed by atoms with Gasteiger partial charge in [-0.15, -0.1) is 0 Å². The van der Waals surface area contributed by atoms with Crippen LogP contribution in [-0.4, -0.2) is 22.8 Å². The molecule has 0 aliphatic rings. The summed E-state index contributed by atoms with van der Waals surface area (Å²) in [4.78, 5) is 18.2. The van der Waals surface area contributed by atoms with Gasteiger partial charge in [-0.3, -0.25) is 9.78 Å². The Labute approximate surface area is 121 Å². The van der Waals surface area contributed by atoms with Crippen molar-refractivity contribution in [3.8, 4) is 0 Å². The maximum atomic E-state index is 12.4. The fourth-order valence-electron chi connectivity index (χ4n) is 1.87. The van der Waals surface area contributed by atoms with E-state index in [1.807, 2.05) is 37.3 Å². The van der Waals surface area contributed by atoms with Crippen LogP contribution in [0.15, 0.2) is 47.2 Å². The molecule has 0 N–H and O–H groups in total. The number of hydrogen-bond donors (Lipinski definition) is 0. The lowest BCUT2D eigenvalue weighted by Gasteiger charge is -2.18. The van der Waals surface area contributed by atoms with E-state index in [1.165, 1.54) is 0 Å². The van der Waals surface area contributed by atoms with Gasteiger partial charge in [0.05, 0.1) is 0 Å². The number of aryl methyl sites for hydroxylation is 1. The number of amides is 1. The highest BCUT2D eigenvalue weighted by atomic mass is 79.9. The summed E-state index contributed by atoms with van der Waals surface area (Å²) in [6.45, 7) is 2.50. The van der Waals surface area contributed by atoms with Crippen molar-refractivity contribution in [2.45, 2.75) is 13.5 Å². The molecule has 2 aromatic rings. The fraction of sp³-hybridized carbons (Fsp3) is 0.200. The fourth-order valence-corrected chi connectivity index (χ4v) is 2.23. The summed E-state index contributed by atoms with van der Waals surface area (Å²) in [5.41, 5.74) is 2.72. The van der Waals surface area contributed by atoms with E-state index in [9.17, 15) is 4.79 Å². The molecule has 1 aromatic carbocycles. The van der Waals surface area contributed by atoms with Crippen LogP contribution in [0.3, 0.4) is 0 Å². The van der Waals surface area contributed by atoms with E-state index in [0.717, 1.165) is 21.2 Å². The quantitative estimate of drug-likeness (QED) is 0.868. The summed E-state index contributed by atoms with van der Waals surface area (Å²) >= 11 is 3.40. The molecule has 0 unspecified atom stereocenters. The second-order valence-corrected chi connectivity index (χ2v) is 5.40. The summed E-state index contributed by atoms with van der Waals surface area (Å²) in [5, 5.41) is 0. The molecule has 0 spiro atoms. The van der Waals surface area contributed by atoms with Gasteiger partial charge in [0.2, 0.25) is 0 Å². The van der Waals surface area contributed by atoms with Crippen LogP contribution in [0.2, 0.25) is 0 Å². The molecule has 0 atom stereocenters. The zero-order valence-corrected chi connectivity index (χ0v) is 12.5. The summed E-state index contributed by atoms with van der Waals surface area (Å²) in [6, 6.07) is 9.57. The highest BCUT2D eigenvalue weighted by Crippen LogP contribution is 2.18. The Balaban J connectivity index is 2.17. The van der Waals surface area contributed by atoms with E-state index in [2.05, 4.69) is 20.9 Å². The molecule has 98 valence electrons. The molecule has 1 aromatic heterocycles. The van der Waals surface area contributed by atoms with Gasteiger partial charge in [-0.2, -0.15) is 0 Å². The molecule has 1 heterocycles. The van der Waals surface area contributed by atoms with Crippen LogP contribution in [0.4, 0.5) is 0 Å². The van der Waals surface area contributed by atoms with Gasteiger partial charge >= 0.3 is 0 Å². The molecule has 19 heavy (non-hydrogen) atoms. The first-order valence-electron chi connectivity index (χ1n) is 5.98. The van der Waals surface area contributed by atoms with Gasteiger partial charge < -0.3 is 4.90 Å². The summed E-state index contributed by atoms with van der Waals surface area (Å²) in [7, 11) is 1.80. The molecule has 0 saturated carbocycles. The van der Waals surface area contributed by atoms with Crippen LogP contribution in [-0.2, 0) is 6.54 Å². The van der Waals surface area contributed by atoms with E-state index >= 15 is 0 Å². The van der Waals surface area contributed by atoms with Crippen molar-refractivity contribution < 1.29 is 4.79 Å². The van der Waals surface area contributed by atoms with Crippen molar-refractivity contribution in [1.29, 1.82) is 0 Å². The number of carbonyl (C=O) groups excluding carboxylic acids is 1. The SMILES string of the molecule is Cc1ccc(Br)cc1C(=O)N(C)Cc1cccnc1. The number of benzene rings is 1. The maximum absolute atomic E-state index is 12.4. The number of nitrogens with zero attached hydrogens (tertiary/aromatic N) is 2. The zero-order valence-electron chi connectivity index (χ0n) is 10.9. The summed E-state index contributed by atoms with van der Waals surface area (Å²) in [6.07, 6.45) is 3.50. The molecule has 0 fully saturated rings. The number of hydrogen-bond acceptors (Lipinski definition) is 2. The molecule has 4 heteroatoms. The molecular formula is C15H15BrN2O. The third kappa shape index (κ3) is 3.41. The van der Waals surface area contributed by atoms with E-state index in [1.54, 1.807) is 24.3 Å². The number of halogens is 1. The normalized spacial score (nSPS) is 10.3. The molecule has 3 nitrogen and oxygen atoms in total. The highest BCUT2D eigenvalue weighted by Gasteiger charge is 2.14. The van der Waals surface area contributed by atoms with Gasteiger partial charge in [-0.05, 0) is 36.2 Å². The molecule has 2 rings (SSSR count). The number of rotatable bonds is 3. The van der Waals surface area contributed by atoms with Crippen LogP contribution in [0.5, 0.6) is 0 Å². The average molecular weight is 319 g/mol. The molecule has 0 saturated heterocycles. The second-order valence-electron chi connectivity index (χ2n) is 4.48. The standard InChI is InChI=1S/C15H15BrN2O/c1-11-5-6-13(16)8-14(11)15(19)18(2)10-12-4-3-7-17-9-12/h3-9H,10H2,1-2H3. The third-order valence-corrected chi connectivity index (χ3v) is 3.41. The predicted molar refractivity (Wildman–Crippen MR) is 78.9 cm³/mol. The van der Waals surface area contributed by atoms with Crippen molar-refractivity contribution >= 4 is 21.8 Å². The minimum absolute atomic E-state index is 0.0163. The van der Waals surface area contributed by atoms with Crippen molar-refractivity contribution in [3.05, 3.63) is 63.9 Å². The van der Waals surface area contributed by atoms with E-state index < -0.39 is 0 Å². The van der Waals surface area contributed by atoms with Crippen LogP contribution in [0.25, 0.3) is 0 Å². The minimum atomic E-state index is 0.0163. The zero-order chi connectivity index (χ0) is 13.8. The van der Waals surface area contributed by atoms with E-state index in [0.29, 0.717) is 6.54 Å². The topological polar surface area (TPSA) is 33.2 Å². The first kappa shape index (κ1) is 13.7. The molecular weight excluding hydrogens is 304 g/mol. The molecule has 0 radical (unpaired) electrons. The Morgan fingerprint density at radius 1 is 1.37 bits per heavy atom. The molecule has 1 amide bonds. The Hall–Kier alpha value is -1.68. The second kappa shape index (κ2) is 5.97. The molecule has 0 bridgehead atoms. The minimum Gasteiger partial charge on any atom is -0.337 e. The maximum Gasteiger partial charge on any atom is 0.254 e. The molecule has 0 aliphatic carbocycles. The Kier molecular flexibility index (Phi) is 4.32. The average Bonchev–Trinajstić information content (AvgIpc) is 2.42. The Morgan fingerprint density at radius 2 is 2.16 bits per heavy atom. The lowest BCUT2D eigenvalue weighted by molar-refractivity contribution is 0.0784. The van der Waals surface area contributed by atoms with Gasteiger partial charge in [0.25, 0.3) is 5.91 Å². The Bertz CT molecular complexity index is 584. The lowest BCUT2D eigenvalue weighted by atomic mass is 10.1. The van der Waals surface area contributed by atoms with Crippen molar-refractivity contribution in [1.82, 2.24) is 9.88 Å². The van der Waals surface area contributed by atoms with Crippen molar-refractivity contribution in [2.75, 3.05) is 7.05 Å². The van der Waals surface area contributed by atoms with Gasteiger partial charge in [-0.25, -0.2) is 0 Å². The largest absolute Gasteiger partial charge is 0.337 e. The highest BCUT2D eigenvalue weighted by molar-refractivity contribution is 9.10. The van der Waals surface area contributed by atoms with Gasteiger partial charge in [0.1, 0.15) is 0 Å². The molecule has 0 aliphatic heterocycles. The van der Waals surface area contributed by atoms with Crippen molar-refractivity contribution in [2.24, 2.45) is 0 Å². The van der Waals surface area contributed by atoms with Gasteiger partial charge in [0.15, 0.2) is 0 Å². The first-order valence-corrected chi connectivity index (χ1v) is 6.78. The lowest BCUT2D eigenvalue weighted by Crippen LogP contribution is -2.26. The smallest absolute Gasteiger partial charge is 0.254 e. The van der Waals surface area contributed by atoms with Crippen LogP contribution >= 0.6 is 15.9 Å². The third-order valence-electron chi connectivity index (χ3n) is 2.92. The van der Waals surface area contributed by atoms with E-state index in [4.69, 9.17) is 0 Å². The van der Waals surface area contributed by atoms with Crippen LogP contribution < -0.4 is 0 Å². The Morgan fingerprint density at radius 3 is 2.84 bits per heavy atom. The number of aromatic nitrogens is 1. The number of carbonyl (C=O) groups is 1. The first-order chi connectivity index (χ1) is 9.08. The number of pyridine rings is 1. The van der Waals surface area contributed by atoms with Crippen molar-refractivity contribution in [3.63, 3.8) is 0 Å². The van der Waals surface area contributed by atoms with Gasteiger partial charge in [0, 0.05) is 36.0 Å². The van der Waals surface area contributed by atoms with Crippen LogP contribution in [0, 0.1) is 6.92 Å². The van der Waals surface area contributed by atoms with Crippen LogP contribution in [0.1, 0.15) is 21.5 Å².